The zero-order valence-electron chi connectivity index (χ0n) is 33.5. The Bertz CT molecular complexity index is 1220. The van der Waals surface area contributed by atoms with E-state index in [0.29, 0.717) is 0 Å². The Kier molecular flexibility index (Phi) is 28.2. The number of allylic oxidation sites excluding steroid dienone is 2. The zero-order valence-corrected chi connectivity index (χ0v) is 34.5. The number of benzene rings is 2. The van der Waals surface area contributed by atoms with Crippen LogP contribution in [0.25, 0.3) is 0 Å². The van der Waals surface area contributed by atoms with Crippen LogP contribution in [-0.2, 0) is 42.2 Å². The van der Waals surface area contributed by atoms with E-state index in [1.807, 2.05) is 0 Å². The summed E-state index contributed by atoms with van der Waals surface area (Å²) in [7, 11) is 0. The van der Waals surface area contributed by atoms with Gasteiger partial charge in [0.1, 0.15) is 0 Å². The molecule has 0 N–H and O–H groups in total. The predicted octanol–water partition coefficient (Wildman–Crippen LogP) is 15.6. The van der Waals surface area contributed by atoms with Gasteiger partial charge in [0.25, 0.3) is 0 Å². The first kappa shape index (κ1) is 46.0. The van der Waals surface area contributed by atoms with Gasteiger partial charge in [0, 0.05) is 16.5 Å². The van der Waals surface area contributed by atoms with E-state index in [2.05, 4.69) is 90.1 Å². The van der Waals surface area contributed by atoms with Crippen LogP contribution >= 0.6 is 0 Å². The van der Waals surface area contributed by atoms with Crippen molar-refractivity contribution in [3.05, 3.63) is 70.8 Å². The predicted molar refractivity (Wildman–Crippen MR) is 222 cm³/mol. The quantitative estimate of drug-likeness (QED) is 0.0453. The maximum absolute atomic E-state index is 5.46. The van der Waals surface area contributed by atoms with Gasteiger partial charge in [-0.15, -0.1) is 0 Å². The van der Waals surface area contributed by atoms with Gasteiger partial charge in [0.2, 0.25) is 0 Å². The molecule has 0 aromatic heterocycles. The Balaban J connectivity index is 0.0000125. The molecule has 0 fully saturated rings. The molecule has 0 bridgehead atoms. The van der Waals surface area contributed by atoms with Gasteiger partial charge in [0.05, 0.1) is 22.8 Å². The van der Waals surface area contributed by atoms with Gasteiger partial charge in [-0.3, -0.25) is 4.99 Å². The third kappa shape index (κ3) is 19.6. The molecule has 0 aliphatic carbocycles. The number of hydrogen-bond donors (Lipinski definition) is 0. The fraction of sp³-hybridized carbons (Fsp3) is 0.660. The van der Waals surface area contributed by atoms with Crippen LogP contribution in [0.15, 0.2) is 58.5 Å². The van der Waals surface area contributed by atoms with Crippen LogP contribution in [0.5, 0.6) is 0 Å². The summed E-state index contributed by atoms with van der Waals surface area (Å²) in [6.07, 6.45) is 35.6. The van der Waals surface area contributed by atoms with Gasteiger partial charge >= 0.3 is 0 Å². The largest absolute Gasteiger partial charge is 0.251 e. The topological polar surface area (TPSA) is 24.7 Å². The van der Waals surface area contributed by atoms with Crippen molar-refractivity contribution in [3.63, 3.8) is 0 Å². The van der Waals surface area contributed by atoms with Gasteiger partial charge in [0.15, 0.2) is 0 Å². The number of unbranched alkanes of at least 4 members (excludes halogenated alkanes) is 14. The van der Waals surface area contributed by atoms with Crippen molar-refractivity contribution in [2.24, 2.45) is 9.98 Å². The van der Waals surface area contributed by atoms with Crippen LogP contribution in [0, 0.1) is 0 Å². The first-order chi connectivity index (χ1) is 24.1. The molecule has 0 saturated heterocycles. The number of aryl methyl sites for hydroxylation is 4. The third-order valence-corrected chi connectivity index (χ3v) is 9.90. The van der Waals surface area contributed by atoms with Crippen molar-refractivity contribution >= 4 is 22.8 Å². The Morgan fingerprint density at radius 2 is 0.880 bits per heavy atom. The molecule has 0 spiro atoms. The molecule has 284 valence electrons. The maximum Gasteiger partial charge on any atom is 0.0848 e. The van der Waals surface area contributed by atoms with E-state index in [1.165, 1.54) is 151 Å². The van der Waals surface area contributed by atoms with Gasteiger partial charge < -0.3 is 0 Å². The average molecular weight is 728 g/mol. The van der Waals surface area contributed by atoms with E-state index >= 15 is 0 Å². The summed E-state index contributed by atoms with van der Waals surface area (Å²) in [4.78, 5) is 10.9. The molecule has 0 atom stereocenters. The normalized spacial score (nSPS) is 12.2. The van der Waals surface area contributed by atoms with Crippen molar-refractivity contribution in [1.29, 1.82) is 0 Å². The molecule has 2 nitrogen and oxygen atoms in total. The minimum absolute atomic E-state index is 0. The van der Waals surface area contributed by atoms with Crippen LogP contribution in [0.3, 0.4) is 0 Å². The summed E-state index contributed by atoms with van der Waals surface area (Å²) in [5.74, 6) is 0. The molecule has 0 heterocycles. The Hall–Kier alpha value is -1.99. The molecule has 2 rings (SSSR count). The summed E-state index contributed by atoms with van der Waals surface area (Å²) in [5, 5.41) is 0. The summed E-state index contributed by atoms with van der Waals surface area (Å²) in [5.41, 5.74) is 10.4. The van der Waals surface area contributed by atoms with Crippen molar-refractivity contribution in [3.8, 4) is 0 Å². The molecular weight excluding hydrogens is 651 g/mol. The molecule has 2 aromatic carbocycles. The molecule has 0 amide bonds. The van der Waals surface area contributed by atoms with Crippen LogP contribution in [0.4, 0.5) is 11.4 Å². The average Bonchev–Trinajstić information content (AvgIpc) is 3.12. The van der Waals surface area contributed by atoms with Crippen LogP contribution in [0.1, 0.15) is 199 Å². The van der Waals surface area contributed by atoms with E-state index in [9.17, 15) is 0 Å². The Labute approximate surface area is 320 Å². The fourth-order valence-electron chi connectivity index (χ4n) is 6.65. The van der Waals surface area contributed by atoms with E-state index in [-0.39, 0.29) is 16.5 Å². The van der Waals surface area contributed by atoms with Crippen LogP contribution in [0.2, 0.25) is 0 Å². The fourth-order valence-corrected chi connectivity index (χ4v) is 6.65. The number of nitrogens with zero attached hydrogens (tertiary/aromatic N) is 2. The van der Waals surface area contributed by atoms with Gasteiger partial charge in [-0.25, -0.2) is 4.99 Å². The molecule has 0 radical (unpaired) electrons. The number of aliphatic imine (C=N–C) groups is 2. The van der Waals surface area contributed by atoms with Crippen molar-refractivity contribution < 1.29 is 16.5 Å². The summed E-state index contributed by atoms with van der Waals surface area (Å²) >= 11 is 0. The first-order valence-corrected chi connectivity index (χ1v) is 21.2. The van der Waals surface area contributed by atoms with E-state index in [0.717, 1.165) is 54.9 Å². The molecule has 0 saturated carbocycles. The monoisotopic (exact) mass is 727 g/mol. The second kappa shape index (κ2) is 30.6. The molecule has 50 heavy (non-hydrogen) atoms. The minimum atomic E-state index is 0. The molecule has 0 aliphatic heterocycles. The summed E-state index contributed by atoms with van der Waals surface area (Å²) < 4.78 is 0. The number of rotatable bonds is 29. The van der Waals surface area contributed by atoms with E-state index in [4.69, 9.17) is 9.98 Å². The maximum atomic E-state index is 5.46. The van der Waals surface area contributed by atoms with Gasteiger partial charge in [-0.05, 0) is 130 Å². The molecular formula is C47H76N2Ni. The van der Waals surface area contributed by atoms with E-state index < -0.39 is 0 Å². The van der Waals surface area contributed by atoms with Crippen molar-refractivity contribution in [2.75, 3.05) is 0 Å². The Morgan fingerprint density at radius 3 is 1.38 bits per heavy atom. The third-order valence-electron chi connectivity index (χ3n) is 9.90. The zero-order chi connectivity index (χ0) is 35.4. The number of hydrogen-bond acceptors (Lipinski definition) is 2. The van der Waals surface area contributed by atoms with Gasteiger partial charge in [-0.2, -0.15) is 0 Å². The smallest absolute Gasteiger partial charge is 0.0848 e. The molecule has 2 aromatic rings. The first-order valence-electron chi connectivity index (χ1n) is 21.2. The van der Waals surface area contributed by atoms with Crippen molar-refractivity contribution in [1.82, 2.24) is 0 Å². The molecule has 0 aliphatic rings. The van der Waals surface area contributed by atoms with Gasteiger partial charge in [-0.1, -0.05) is 143 Å². The molecule has 3 heteroatoms. The second-order valence-corrected chi connectivity index (χ2v) is 14.5. The van der Waals surface area contributed by atoms with Crippen LogP contribution < -0.4 is 0 Å². The van der Waals surface area contributed by atoms with Crippen LogP contribution in [-0.4, -0.2) is 11.4 Å². The minimum Gasteiger partial charge on any atom is -0.251 e. The SMILES string of the molecule is CCCCCCCCC/C=C/C(=N\c1ccc(CCCC)c(CCCC)c1)C(/CCCCCC)=N/c1ccc(CCCC)c(CCCC)c1.[Ni]. The second-order valence-electron chi connectivity index (χ2n) is 14.5. The summed E-state index contributed by atoms with van der Waals surface area (Å²) in [6, 6.07) is 14.1. The molecule has 0 unspecified atom stereocenters. The standard InChI is InChI=1S/C47H76N2.Ni/c1-7-13-19-21-22-23-24-25-27-33-47(49-45-37-35-41(29-16-10-4)43(39-45)31-18-12-6)46(32-26-20-14-8-2)48-44-36-34-40(28-15-9-3)42(38-44)30-17-11-5;/h27,33-39H,7-26,28-32H2,1-6H3;/b33-27+,48-46+,49-47+;. The van der Waals surface area contributed by atoms with Crippen molar-refractivity contribution in [2.45, 2.75) is 202 Å². The Morgan fingerprint density at radius 1 is 0.460 bits per heavy atom. The van der Waals surface area contributed by atoms with E-state index in [1.54, 1.807) is 0 Å². The summed E-state index contributed by atoms with van der Waals surface area (Å²) in [6.45, 7) is 13.8.